The fraction of sp³-hybridized carbons (Fsp3) is 0.600. The lowest BCUT2D eigenvalue weighted by Gasteiger charge is -2.18. The first-order valence-electron chi connectivity index (χ1n) is 4.76. The number of methoxy groups -OCH3 is 1. The molecule has 1 heterocycles. The molecule has 0 aliphatic carbocycles. The molecular weight excluding hydrogens is 178 g/mol. The molecule has 2 unspecified atom stereocenters. The first-order chi connectivity index (χ1) is 6.75. The van der Waals surface area contributed by atoms with Gasteiger partial charge >= 0.3 is 0 Å². The summed E-state index contributed by atoms with van der Waals surface area (Å²) in [6, 6.07) is -0.0566. The highest BCUT2D eigenvalue weighted by Gasteiger charge is 2.15. The molecule has 14 heavy (non-hydrogen) atoms. The second kappa shape index (κ2) is 5.67. The van der Waals surface area contributed by atoms with Crippen LogP contribution < -0.4 is 5.73 Å². The van der Waals surface area contributed by atoms with Gasteiger partial charge in [-0.1, -0.05) is 6.92 Å². The molecule has 0 amide bonds. The first-order valence-corrected chi connectivity index (χ1v) is 4.76. The van der Waals surface area contributed by atoms with Gasteiger partial charge in [-0.05, 0) is 12.3 Å². The third kappa shape index (κ3) is 3.05. The Morgan fingerprint density at radius 3 is 2.86 bits per heavy atom. The van der Waals surface area contributed by atoms with Gasteiger partial charge in [0.05, 0.1) is 11.7 Å². The van der Waals surface area contributed by atoms with Crippen molar-refractivity contribution >= 4 is 0 Å². The maximum Gasteiger partial charge on any atom is 0.0756 e. The maximum absolute atomic E-state index is 6.02. The highest BCUT2D eigenvalue weighted by Crippen LogP contribution is 2.19. The zero-order valence-corrected chi connectivity index (χ0v) is 8.68. The highest BCUT2D eigenvalue weighted by molar-refractivity contribution is 5.02. The van der Waals surface area contributed by atoms with Gasteiger partial charge < -0.3 is 10.5 Å². The van der Waals surface area contributed by atoms with Gasteiger partial charge in [-0.2, -0.15) is 0 Å². The number of ether oxygens (including phenoxy) is 1. The molecule has 0 bridgehead atoms. The van der Waals surface area contributed by atoms with Crippen molar-refractivity contribution in [1.29, 1.82) is 0 Å². The van der Waals surface area contributed by atoms with Crippen molar-refractivity contribution in [2.45, 2.75) is 19.4 Å². The molecule has 0 spiro atoms. The van der Waals surface area contributed by atoms with Crippen molar-refractivity contribution in [2.75, 3.05) is 13.7 Å². The Morgan fingerprint density at radius 1 is 1.50 bits per heavy atom. The van der Waals surface area contributed by atoms with Crippen LogP contribution in [0.1, 0.15) is 25.1 Å². The molecule has 1 aromatic heterocycles. The number of nitrogens with two attached hydrogens (primary N) is 1. The molecule has 4 nitrogen and oxygen atoms in total. The van der Waals surface area contributed by atoms with Gasteiger partial charge in [0.2, 0.25) is 0 Å². The summed E-state index contributed by atoms with van der Waals surface area (Å²) in [5.74, 6) is 0.353. The third-order valence-electron chi connectivity index (χ3n) is 2.32. The van der Waals surface area contributed by atoms with Crippen LogP contribution in [0.15, 0.2) is 18.6 Å². The quantitative estimate of drug-likeness (QED) is 0.765. The summed E-state index contributed by atoms with van der Waals surface area (Å²) in [7, 11) is 1.70. The van der Waals surface area contributed by atoms with Crippen LogP contribution in [0.2, 0.25) is 0 Å². The van der Waals surface area contributed by atoms with Crippen LogP contribution in [0.5, 0.6) is 0 Å². The zero-order chi connectivity index (χ0) is 10.4. The summed E-state index contributed by atoms with van der Waals surface area (Å²) in [6.45, 7) is 2.83. The van der Waals surface area contributed by atoms with E-state index < -0.39 is 0 Å². The number of nitrogens with zero attached hydrogens (tertiary/aromatic N) is 2. The predicted octanol–water partition coefficient (Wildman–Crippen LogP) is 1.15. The van der Waals surface area contributed by atoms with E-state index >= 15 is 0 Å². The van der Waals surface area contributed by atoms with E-state index in [1.807, 2.05) is 0 Å². The van der Waals surface area contributed by atoms with E-state index in [0.717, 1.165) is 18.7 Å². The number of hydrogen-bond donors (Lipinski definition) is 1. The lowest BCUT2D eigenvalue weighted by molar-refractivity contribution is 0.174. The standard InChI is InChI=1S/C10H17N3O/c1-8(3-6-14-2)10(11)9-7-12-4-5-13-9/h4-5,7-8,10H,3,6,11H2,1-2H3. The van der Waals surface area contributed by atoms with E-state index in [1.54, 1.807) is 25.7 Å². The van der Waals surface area contributed by atoms with E-state index in [9.17, 15) is 0 Å². The van der Waals surface area contributed by atoms with Crippen molar-refractivity contribution < 1.29 is 4.74 Å². The second-order valence-electron chi connectivity index (χ2n) is 3.41. The molecule has 1 rings (SSSR count). The summed E-state index contributed by atoms with van der Waals surface area (Å²) in [5.41, 5.74) is 6.86. The summed E-state index contributed by atoms with van der Waals surface area (Å²) >= 11 is 0. The van der Waals surface area contributed by atoms with Crippen LogP contribution in [0, 0.1) is 5.92 Å². The van der Waals surface area contributed by atoms with E-state index in [2.05, 4.69) is 16.9 Å². The molecule has 2 N–H and O–H groups in total. The van der Waals surface area contributed by atoms with Crippen molar-refractivity contribution in [1.82, 2.24) is 9.97 Å². The molecule has 0 aliphatic heterocycles. The Hall–Kier alpha value is -1.00. The topological polar surface area (TPSA) is 61.0 Å². The Bertz CT molecular complexity index is 253. The van der Waals surface area contributed by atoms with Gasteiger partial charge in [0.15, 0.2) is 0 Å². The average Bonchev–Trinajstić information content (AvgIpc) is 2.26. The van der Waals surface area contributed by atoms with Gasteiger partial charge in [-0.25, -0.2) is 0 Å². The van der Waals surface area contributed by atoms with E-state index in [-0.39, 0.29) is 6.04 Å². The van der Waals surface area contributed by atoms with Gasteiger partial charge in [-0.15, -0.1) is 0 Å². The lowest BCUT2D eigenvalue weighted by atomic mass is 9.97. The molecule has 1 aromatic rings. The second-order valence-corrected chi connectivity index (χ2v) is 3.41. The Kier molecular flexibility index (Phi) is 4.49. The summed E-state index contributed by atoms with van der Waals surface area (Å²) in [4.78, 5) is 8.17. The molecule has 0 saturated heterocycles. The van der Waals surface area contributed by atoms with Crippen molar-refractivity contribution in [2.24, 2.45) is 11.7 Å². The number of hydrogen-bond acceptors (Lipinski definition) is 4. The smallest absolute Gasteiger partial charge is 0.0756 e. The van der Waals surface area contributed by atoms with Crippen molar-refractivity contribution in [3.05, 3.63) is 24.3 Å². The van der Waals surface area contributed by atoms with E-state index in [1.165, 1.54) is 0 Å². The Morgan fingerprint density at radius 2 is 2.29 bits per heavy atom. The van der Waals surface area contributed by atoms with Crippen LogP contribution in [0.3, 0.4) is 0 Å². The largest absolute Gasteiger partial charge is 0.385 e. The molecule has 2 atom stereocenters. The first kappa shape index (κ1) is 11.1. The lowest BCUT2D eigenvalue weighted by Crippen LogP contribution is -2.21. The minimum atomic E-state index is -0.0566. The minimum Gasteiger partial charge on any atom is -0.385 e. The summed E-state index contributed by atoms with van der Waals surface area (Å²) < 4.78 is 5.01. The van der Waals surface area contributed by atoms with Gasteiger partial charge in [0.1, 0.15) is 0 Å². The normalized spacial score (nSPS) is 15.1. The molecular formula is C10H17N3O. The van der Waals surface area contributed by atoms with Crippen LogP contribution >= 0.6 is 0 Å². The zero-order valence-electron chi connectivity index (χ0n) is 8.68. The minimum absolute atomic E-state index is 0.0566. The molecule has 0 aliphatic rings. The molecule has 0 fully saturated rings. The van der Waals surface area contributed by atoms with Crippen LogP contribution in [0.25, 0.3) is 0 Å². The summed E-state index contributed by atoms with van der Waals surface area (Å²) in [6.07, 6.45) is 5.97. The monoisotopic (exact) mass is 195 g/mol. The Labute approximate surface area is 84.5 Å². The predicted molar refractivity (Wildman–Crippen MR) is 54.6 cm³/mol. The fourth-order valence-electron chi connectivity index (χ4n) is 1.26. The summed E-state index contributed by atoms with van der Waals surface area (Å²) in [5, 5.41) is 0. The fourth-order valence-corrected chi connectivity index (χ4v) is 1.26. The van der Waals surface area contributed by atoms with Crippen LogP contribution in [0.4, 0.5) is 0 Å². The molecule has 0 saturated carbocycles. The van der Waals surface area contributed by atoms with Gasteiger partial charge in [0.25, 0.3) is 0 Å². The van der Waals surface area contributed by atoms with Crippen LogP contribution in [-0.2, 0) is 4.74 Å². The SMILES string of the molecule is COCCC(C)C(N)c1cnccn1. The van der Waals surface area contributed by atoms with E-state index in [0.29, 0.717) is 5.92 Å². The van der Waals surface area contributed by atoms with Gasteiger partial charge in [-0.3, -0.25) is 9.97 Å². The average molecular weight is 195 g/mol. The number of rotatable bonds is 5. The molecule has 0 aromatic carbocycles. The van der Waals surface area contributed by atoms with Crippen LogP contribution in [-0.4, -0.2) is 23.7 Å². The van der Waals surface area contributed by atoms with Crippen molar-refractivity contribution in [3.63, 3.8) is 0 Å². The third-order valence-corrected chi connectivity index (χ3v) is 2.32. The molecule has 78 valence electrons. The maximum atomic E-state index is 6.02. The number of aromatic nitrogens is 2. The van der Waals surface area contributed by atoms with E-state index in [4.69, 9.17) is 10.5 Å². The van der Waals surface area contributed by atoms with Gasteiger partial charge in [0, 0.05) is 32.3 Å². The van der Waals surface area contributed by atoms with Crippen molar-refractivity contribution in [3.8, 4) is 0 Å². The molecule has 0 radical (unpaired) electrons. The molecule has 4 heteroatoms. The Balaban J connectivity index is 2.52. The highest BCUT2D eigenvalue weighted by atomic mass is 16.5.